The molecule has 0 aliphatic heterocycles. The number of carbonyl (C=O) groups excluding carboxylic acids is 1. The fourth-order valence-corrected chi connectivity index (χ4v) is 3.08. The minimum atomic E-state index is -0.417. The fraction of sp³-hybridized carbons (Fsp3) is 0.379. The van der Waals surface area contributed by atoms with Crippen molar-refractivity contribution in [1.82, 2.24) is 4.98 Å². The van der Waals surface area contributed by atoms with Crippen LogP contribution in [0.4, 0.5) is 0 Å². The van der Waals surface area contributed by atoms with Crippen molar-refractivity contribution in [3.63, 3.8) is 0 Å². The van der Waals surface area contributed by atoms with Gasteiger partial charge < -0.3 is 5.11 Å². The monoisotopic (exact) mass is 623 g/mol. The average molecular weight is 623 g/mol. The smallest absolute Gasteiger partial charge is 0.164 e. The van der Waals surface area contributed by atoms with Crippen LogP contribution in [0, 0.1) is 37.7 Å². The Morgan fingerprint density at radius 2 is 1.55 bits per heavy atom. The zero-order valence-corrected chi connectivity index (χ0v) is 23.6. The van der Waals surface area contributed by atoms with E-state index in [4.69, 9.17) is 4.98 Å². The first-order chi connectivity index (χ1) is 14.7. The Hall–Kier alpha value is -2.29. The Morgan fingerprint density at radius 1 is 0.939 bits per heavy atom. The Bertz CT molecular complexity index is 1130. The van der Waals surface area contributed by atoms with Gasteiger partial charge in [0.15, 0.2) is 5.78 Å². The molecule has 4 heteroatoms. The molecule has 1 N–H and O–H groups in total. The normalized spacial score (nSPS) is 12.0. The minimum Gasteiger partial charge on any atom is -0.512 e. The van der Waals surface area contributed by atoms with E-state index < -0.39 is 5.41 Å². The number of aliphatic hydroxyl groups is 1. The van der Waals surface area contributed by atoms with Crippen LogP contribution >= 0.6 is 0 Å². The fourth-order valence-electron chi connectivity index (χ4n) is 3.08. The van der Waals surface area contributed by atoms with Gasteiger partial charge in [0, 0.05) is 42.4 Å². The summed E-state index contributed by atoms with van der Waals surface area (Å²) in [4.78, 5) is 16.2. The number of carbonyl (C=O) groups is 1. The number of aromatic nitrogens is 1. The van der Waals surface area contributed by atoms with Gasteiger partial charge in [0.1, 0.15) is 5.76 Å². The Balaban J connectivity index is 0.000000346. The zero-order chi connectivity index (χ0) is 24.3. The molecule has 0 bridgehead atoms. The van der Waals surface area contributed by atoms with E-state index in [1.807, 2.05) is 47.6 Å². The molecule has 3 rings (SSSR count). The van der Waals surface area contributed by atoms with E-state index >= 15 is 0 Å². The maximum atomic E-state index is 11.5. The van der Waals surface area contributed by atoms with Crippen molar-refractivity contribution in [2.24, 2.45) is 10.8 Å². The van der Waals surface area contributed by atoms with Crippen LogP contribution in [0.1, 0.15) is 58.2 Å². The summed E-state index contributed by atoms with van der Waals surface area (Å²) in [5, 5.41) is 10.8. The van der Waals surface area contributed by atoms with Crippen LogP contribution in [0.2, 0.25) is 0 Å². The summed E-state index contributed by atoms with van der Waals surface area (Å²) in [5.41, 5.74) is 6.02. The van der Waals surface area contributed by atoms with E-state index in [0.29, 0.717) is 0 Å². The molecule has 1 radical (unpaired) electrons. The predicted octanol–water partition coefficient (Wildman–Crippen LogP) is 7.71. The molecular weight excluding hydrogens is 587 g/mol. The number of ketones is 1. The summed E-state index contributed by atoms with van der Waals surface area (Å²) in [6.07, 6.45) is 1.33. The molecule has 3 aromatic rings. The van der Waals surface area contributed by atoms with Crippen LogP contribution in [0.3, 0.4) is 0 Å². The van der Waals surface area contributed by atoms with Gasteiger partial charge in [0.2, 0.25) is 0 Å². The SMILES string of the molecule is CC(C)(C)C(=O)C=C(O)C(C)(C)C.Cc1[c-]c(-c2cc(C)c3ccccc3n2)cc(C)c1.[Ir]. The third kappa shape index (κ3) is 8.21. The summed E-state index contributed by atoms with van der Waals surface area (Å²) in [7, 11) is 0. The van der Waals surface area contributed by atoms with Crippen molar-refractivity contribution >= 4 is 16.7 Å². The molecule has 0 aliphatic carbocycles. The molecule has 2 aromatic carbocycles. The molecule has 0 fully saturated rings. The number of fused-ring (bicyclic) bond motifs is 1. The van der Waals surface area contributed by atoms with Crippen molar-refractivity contribution in [3.05, 3.63) is 77.1 Å². The zero-order valence-electron chi connectivity index (χ0n) is 21.3. The molecule has 0 spiro atoms. The first-order valence-electron chi connectivity index (χ1n) is 11.0. The van der Waals surface area contributed by atoms with Crippen molar-refractivity contribution in [3.8, 4) is 11.3 Å². The molecule has 1 heterocycles. The van der Waals surface area contributed by atoms with E-state index in [2.05, 4.69) is 63.2 Å². The second-order valence-corrected chi connectivity index (χ2v) is 10.5. The average Bonchev–Trinajstić information content (AvgIpc) is 2.66. The minimum absolute atomic E-state index is 0. The second-order valence-electron chi connectivity index (χ2n) is 10.5. The van der Waals surface area contributed by atoms with Gasteiger partial charge >= 0.3 is 0 Å². The van der Waals surface area contributed by atoms with Crippen molar-refractivity contribution in [2.45, 2.75) is 62.3 Å². The van der Waals surface area contributed by atoms with E-state index in [-0.39, 0.29) is 37.1 Å². The van der Waals surface area contributed by atoms with E-state index in [0.717, 1.165) is 22.3 Å². The van der Waals surface area contributed by atoms with Crippen LogP contribution in [-0.2, 0) is 24.9 Å². The van der Waals surface area contributed by atoms with Gasteiger partial charge in [-0.3, -0.25) is 9.78 Å². The van der Waals surface area contributed by atoms with Gasteiger partial charge in [0.05, 0.1) is 5.52 Å². The number of benzene rings is 2. The van der Waals surface area contributed by atoms with E-state index in [1.165, 1.54) is 22.6 Å². The van der Waals surface area contributed by atoms with Crippen LogP contribution < -0.4 is 0 Å². The predicted molar refractivity (Wildman–Crippen MR) is 135 cm³/mol. The van der Waals surface area contributed by atoms with Crippen LogP contribution in [0.25, 0.3) is 22.2 Å². The largest absolute Gasteiger partial charge is 0.512 e. The number of hydrogen-bond donors (Lipinski definition) is 1. The molecule has 0 atom stereocenters. The molecule has 3 nitrogen and oxygen atoms in total. The molecule has 0 unspecified atom stereocenters. The van der Waals surface area contributed by atoms with Crippen LogP contribution in [-0.4, -0.2) is 15.9 Å². The molecule has 33 heavy (non-hydrogen) atoms. The molecular formula is C29H36IrNO2-. The standard InChI is InChI=1S/C18H16N.C11H20O2.Ir/c1-12-8-13(2)10-15(9-12)18-11-14(3)16-6-4-5-7-17(16)19-18;1-10(2,3)8(12)7-9(13)11(4,5)6;/h4-9,11H,1-3H3;7,12H,1-6H3;/q-1;;. The number of aryl methyl sites for hydroxylation is 3. The van der Waals surface area contributed by atoms with Gasteiger partial charge in [0.25, 0.3) is 0 Å². The molecule has 0 saturated carbocycles. The molecule has 0 saturated heterocycles. The first-order valence-corrected chi connectivity index (χ1v) is 11.0. The summed E-state index contributed by atoms with van der Waals surface area (Å²) in [6.45, 7) is 17.4. The van der Waals surface area contributed by atoms with Gasteiger partial charge in [-0.2, -0.15) is 0 Å². The second kappa shape index (κ2) is 11.2. The molecule has 0 aliphatic rings. The molecule has 1 aromatic heterocycles. The van der Waals surface area contributed by atoms with Gasteiger partial charge in [-0.05, 0) is 24.2 Å². The maximum absolute atomic E-state index is 11.5. The van der Waals surface area contributed by atoms with Gasteiger partial charge in [-0.15, -0.1) is 34.9 Å². The number of para-hydroxylation sites is 1. The van der Waals surface area contributed by atoms with Crippen molar-refractivity contribution in [1.29, 1.82) is 0 Å². The Labute approximate surface area is 212 Å². The van der Waals surface area contributed by atoms with Crippen molar-refractivity contribution in [2.75, 3.05) is 0 Å². The number of pyridine rings is 1. The summed E-state index contributed by atoms with van der Waals surface area (Å²) in [5.74, 6) is 0.104. The topological polar surface area (TPSA) is 50.2 Å². The van der Waals surface area contributed by atoms with Gasteiger partial charge in [-0.25, -0.2) is 0 Å². The van der Waals surface area contributed by atoms with Crippen molar-refractivity contribution < 1.29 is 30.0 Å². The first kappa shape index (κ1) is 28.7. The quantitative estimate of drug-likeness (QED) is 0.181. The number of allylic oxidation sites excluding steroid dienone is 2. The summed E-state index contributed by atoms with van der Waals surface area (Å²) in [6, 6.07) is 18.1. The number of aliphatic hydroxyl groups excluding tert-OH is 1. The van der Waals surface area contributed by atoms with Crippen LogP contribution in [0.5, 0.6) is 0 Å². The molecule has 0 amide bonds. The summed E-state index contributed by atoms with van der Waals surface area (Å²) >= 11 is 0. The van der Waals surface area contributed by atoms with Crippen LogP contribution in [0.15, 0.2) is 54.3 Å². The Kier molecular flexibility index (Phi) is 9.78. The Morgan fingerprint density at radius 3 is 2.09 bits per heavy atom. The maximum Gasteiger partial charge on any atom is 0.164 e. The summed E-state index contributed by atoms with van der Waals surface area (Å²) < 4.78 is 0. The van der Waals surface area contributed by atoms with E-state index in [1.54, 1.807) is 0 Å². The third-order valence-corrected chi connectivity index (χ3v) is 5.12. The number of rotatable bonds is 2. The molecule has 179 valence electrons. The van der Waals surface area contributed by atoms with Gasteiger partial charge in [-0.1, -0.05) is 79.7 Å². The number of hydrogen-bond acceptors (Lipinski definition) is 3. The number of nitrogens with zero attached hydrogens (tertiary/aromatic N) is 1. The van der Waals surface area contributed by atoms with E-state index in [9.17, 15) is 9.90 Å². The third-order valence-electron chi connectivity index (χ3n) is 5.12.